The van der Waals surface area contributed by atoms with Crippen molar-refractivity contribution in [2.24, 2.45) is 5.92 Å². The number of hydrogen-bond acceptors (Lipinski definition) is 3. The first-order valence-electron chi connectivity index (χ1n) is 5.13. The van der Waals surface area contributed by atoms with E-state index in [0.717, 1.165) is 14.6 Å². The fraction of sp³-hybridized carbons (Fsp3) is 0.364. The molecule has 1 N–H and O–H groups in total. The number of rotatable bonds is 1. The molecule has 1 aromatic rings. The molecule has 2 rings (SSSR count). The predicted molar refractivity (Wildman–Crippen MR) is 69.3 cm³/mol. The highest BCUT2D eigenvalue weighted by molar-refractivity contribution is 9.11. The third-order valence-electron chi connectivity index (χ3n) is 2.87. The Kier molecular flexibility index (Phi) is 3.63. The van der Waals surface area contributed by atoms with Crippen molar-refractivity contribution in [3.63, 3.8) is 0 Å². The van der Waals surface area contributed by atoms with E-state index >= 15 is 0 Å². The second-order valence-electron chi connectivity index (χ2n) is 4.03. The maximum Gasteiger partial charge on any atom is 0.230 e. The first-order valence-corrected chi connectivity index (χ1v) is 6.72. The molecule has 90 valence electrons. The molecule has 4 nitrogen and oxygen atoms in total. The minimum Gasteiger partial charge on any atom is -0.296 e. The van der Waals surface area contributed by atoms with Crippen molar-refractivity contribution in [2.75, 3.05) is 0 Å². The largest absolute Gasteiger partial charge is 0.296 e. The lowest BCUT2D eigenvalue weighted by Gasteiger charge is -2.27. The zero-order valence-corrected chi connectivity index (χ0v) is 12.2. The van der Waals surface area contributed by atoms with E-state index in [2.05, 4.69) is 42.2 Å². The topological polar surface area (TPSA) is 59.1 Å². The van der Waals surface area contributed by atoms with Gasteiger partial charge in [-0.15, -0.1) is 0 Å². The van der Waals surface area contributed by atoms with Crippen LogP contribution in [0.15, 0.2) is 21.2 Å². The van der Waals surface area contributed by atoms with Crippen LogP contribution in [0.5, 0.6) is 0 Å². The maximum absolute atomic E-state index is 11.6. The van der Waals surface area contributed by atoms with Crippen LogP contribution < -0.4 is 5.32 Å². The quantitative estimate of drug-likeness (QED) is 0.781. The summed E-state index contributed by atoms with van der Waals surface area (Å²) in [5.74, 6) is -0.894. The van der Waals surface area contributed by atoms with Gasteiger partial charge in [0.15, 0.2) is 0 Å². The maximum atomic E-state index is 11.6. The smallest absolute Gasteiger partial charge is 0.230 e. The molecule has 17 heavy (non-hydrogen) atoms. The summed E-state index contributed by atoms with van der Waals surface area (Å²) < 4.78 is 1.67. The second kappa shape index (κ2) is 4.86. The van der Waals surface area contributed by atoms with Crippen LogP contribution in [0.4, 0.5) is 0 Å². The molecule has 0 saturated carbocycles. The molecular weight excluding hydrogens is 352 g/mol. The van der Waals surface area contributed by atoms with E-state index in [9.17, 15) is 9.59 Å². The number of halogens is 2. The highest BCUT2D eigenvalue weighted by Crippen LogP contribution is 2.34. The minimum atomic E-state index is -0.252. The van der Waals surface area contributed by atoms with Crippen LogP contribution in [0.25, 0.3) is 0 Å². The molecule has 0 aliphatic carbocycles. The molecule has 1 aliphatic heterocycles. The number of carbonyl (C=O) groups excluding carboxylic acids is 2. The zero-order chi connectivity index (χ0) is 12.6. The van der Waals surface area contributed by atoms with E-state index in [1.807, 2.05) is 13.0 Å². The average Bonchev–Trinajstić information content (AvgIpc) is 2.24. The SMILES string of the molecule is CC1C(=O)NC(=O)CC1c1ncc(Br)cc1Br. The zero-order valence-electron chi connectivity index (χ0n) is 9.04. The van der Waals surface area contributed by atoms with Crippen molar-refractivity contribution in [3.8, 4) is 0 Å². The lowest BCUT2D eigenvalue weighted by molar-refractivity contribution is -0.136. The third-order valence-corrected chi connectivity index (χ3v) is 3.94. The van der Waals surface area contributed by atoms with E-state index in [0.29, 0.717) is 6.42 Å². The molecule has 2 heterocycles. The molecule has 6 heteroatoms. The predicted octanol–water partition coefficient (Wildman–Crippen LogP) is 2.37. The van der Waals surface area contributed by atoms with Crippen LogP contribution in [0.1, 0.15) is 25.0 Å². The van der Waals surface area contributed by atoms with Crippen LogP contribution in [-0.4, -0.2) is 16.8 Å². The third kappa shape index (κ3) is 2.57. The lowest BCUT2D eigenvalue weighted by Crippen LogP contribution is -2.43. The highest BCUT2D eigenvalue weighted by atomic mass is 79.9. The summed E-state index contributed by atoms with van der Waals surface area (Å²) in [6, 6.07) is 1.87. The highest BCUT2D eigenvalue weighted by Gasteiger charge is 2.35. The van der Waals surface area contributed by atoms with Crippen LogP contribution in [0.3, 0.4) is 0 Å². The number of piperidine rings is 1. The summed E-state index contributed by atoms with van der Waals surface area (Å²) in [6.07, 6.45) is 1.96. The summed E-state index contributed by atoms with van der Waals surface area (Å²) in [7, 11) is 0. The molecule has 1 saturated heterocycles. The van der Waals surface area contributed by atoms with Crippen LogP contribution >= 0.6 is 31.9 Å². The van der Waals surface area contributed by atoms with Gasteiger partial charge in [0.05, 0.1) is 5.69 Å². The van der Waals surface area contributed by atoms with Gasteiger partial charge in [-0.1, -0.05) is 6.92 Å². The van der Waals surface area contributed by atoms with Gasteiger partial charge in [0.25, 0.3) is 0 Å². The van der Waals surface area contributed by atoms with Crippen molar-refractivity contribution in [1.29, 1.82) is 0 Å². The molecular formula is C11H10Br2N2O2. The number of hydrogen-bond donors (Lipinski definition) is 1. The van der Waals surface area contributed by atoms with Crippen molar-refractivity contribution < 1.29 is 9.59 Å². The molecule has 2 amide bonds. The first kappa shape index (κ1) is 12.7. The fourth-order valence-electron chi connectivity index (χ4n) is 1.89. The Morgan fingerprint density at radius 3 is 2.76 bits per heavy atom. The van der Waals surface area contributed by atoms with Gasteiger partial charge < -0.3 is 0 Å². The summed E-state index contributed by atoms with van der Waals surface area (Å²) >= 11 is 6.73. The summed E-state index contributed by atoms with van der Waals surface area (Å²) in [4.78, 5) is 27.3. The molecule has 2 atom stereocenters. The standard InChI is InChI=1S/C11H10Br2N2O2/c1-5-7(3-9(16)15-11(5)17)10-8(13)2-6(12)4-14-10/h2,4-5,7H,3H2,1H3,(H,15,16,17). The van der Waals surface area contributed by atoms with E-state index in [4.69, 9.17) is 0 Å². The number of nitrogens with zero attached hydrogens (tertiary/aromatic N) is 1. The minimum absolute atomic E-state index is 0.168. The van der Waals surface area contributed by atoms with E-state index < -0.39 is 0 Å². The molecule has 0 bridgehead atoms. The van der Waals surface area contributed by atoms with Crippen molar-refractivity contribution in [1.82, 2.24) is 10.3 Å². The number of carbonyl (C=O) groups is 2. The number of pyridine rings is 1. The molecule has 0 spiro atoms. The Hall–Kier alpha value is -0.750. The normalized spacial score (nSPS) is 24.6. The van der Waals surface area contributed by atoms with Gasteiger partial charge in [0.1, 0.15) is 0 Å². The average molecular weight is 362 g/mol. The summed E-state index contributed by atoms with van der Waals surface area (Å²) in [5.41, 5.74) is 0.754. The Morgan fingerprint density at radius 1 is 1.41 bits per heavy atom. The van der Waals surface area contributed by atoms with E-state index in [-0.39, 0.29) is 23.7 Å². The van der Waals surface area contributed by atoms with Crippen molar-refractivity contribution >= 4 is 43.7 Å². The van der Waals surface area contributed by atoms with E-state index in [1.54, 1.807) is 6.20 Å². The van der Waals surface area contributed by atoms with Crippen LogP contribution in [0.2, 0.25) is 0 Å². The van der Waals surface area contributed by atoms with Gasteiger partial charge in [-0.25, -0.2) is 0 Å². The Bertz CT molecular complexity index is 490. The van der Waals surface area contributed by atoms with Gasteiger partial charge in [-0.2, -0.15) is 0 Å². The Labute approximate surface area is 115 Å². The van der Waals surface area contributed by atoms with Crippen LogP contribution in [-0.2, 0) is 9.59 Å². The number of nitrogens with one attached hydrogen (secondary N) is 1. The molecule has 1 aromatic heterocycles. The summed E-state index contributed by atoms with van der Waals surface area (Å²) in [5, 5.41) is 2.33. The molecule has 0 aromatic carbocycles. The lowest BCUT2D eigenvalue weighted by atomic mass is 9.84. The van der Waals surface area contributed by atoms with Gasteiger partial charge in [-0.3, -0.25) is 19.9 Å². The first-order chi connectivity index (χ1) is 7.99. The van der Waals surface area contributed by atoms with Gasteiger partial charge in [0.2, 0.25) is 11.8 Å². The van der Waals surface area contributed by atoms with Crippen LogP contribution in [0, 0.1) is 5.92 Å². The monoisotopic (exact) mass is 360 g/mol. The number of imide groups is 1. The van der Waals surface area contributed by atoms with Crippen molar-refractivity contribution in [3.05, 3.63) is 26.9 Å². The Morgan fingerprint density at radius 2 is 2.12 bits per heavy atom. The van der Waals surface area contributed by atoms with Gasteiger partial charge in [0, 0.05) is 33.4 Å². The van der Waals surface area contributed by atoms with Gasteiger partial charge >= 0.3 is 0 Å². The fourth-order valence-corrected chi connectivity index (χ4v) is 3.17. The van der Waals surface area contributed by atoms with E-state index in [1.165, 1.54) is 0 Å². The molecule has 1 fully saturated rings. The molecule has 1 aliphatic rings. The summed E-state index contributed by atoms with van der Waals surface area (Å²) in [6.45, 7) is 1.81. The molecule has 0 radical (unpaired) electrons. The second-order valence-corrected chi connectivity index (χ2v) is 5.80. The van der Waals surface area contributed by atoms with Gasteiger partial charge in [-0.05, 0) is 37.9 Å². The number of amides is 2. The molecule has 2 unspecified atom stereocenters. The number of aromatic nitrogens is 1. The Balaban J connectivity index is 2.37. The van der Waals surface area contributed by atoms with Crippen molar-refractivity contribution in [2.45, 2.75) is 19.3 Å².